The van der Waals surface area contributed by atoms with Crippen LogP contribution >= 0.6 is 0 Å². The van der Waals surface area contributed by atoms with E-state index in [1.54, 1.807) is 43.4 Å². The van der Waals surface area contributed by atoms with E-state index < -0.39 is 16.1 Å². The van der Waals surface area contributed by atoms with E-state index in [-0.39, 0.29) is 31.3 Å². The van der Waals surface area contributed by atoms with Crippen LogP contribution in [-0.4, -0.2) is 64.7 Å². The van der Waals surface area contributed by atoms with E-state index in [4.69, 9.17) is 9.47 Å². The lowest BCUT2D eigenvalue weighted by Gasteiger charge is -2.31. The smallest absolute Gasteiger partial charge is 0.242 e. The average molecular weight is 534 g/mol. The third kappa shape index (κ3) is 8.96. The second-order valence-corrected chi connectivity index (χ2v) is 10.6. The van der Waals surface area contributed by atoms with Gasteiger partial charge < -0.3 is 19.7 Å². The minimum Gasteiger partial charge on any atom is -0.497 e. The van der Waals surface area contributed by atoms with E-state index in [1.165, 1.54) is 4.31 Å². The summed E-state index contributed by atoms with van der Waals surface area (Å²) in [5, 5.41) is 2.90. The molecule has 0 unspecified atom stereocenters. The van der Waals surface area contributed by atoms with Gasteiger partial charge in [0.05, 0.1) is 26.2 Å². The summed E-state index contributed by atoms with van der Waals surface area (Å²) in [4.78, 5) is 27.9. The predicted octanol–water partition coefficient (Wildman–Crippen LogP) is 3.58. The number of sulfonamides is 1. The third-order valence-corrected chi connectivity index (χ3v) is 7.15. The molecular weight excluding hydrogens is 494 g/mol. The molecule has 2 aromatic rings. The van der Waals surface area contributed by atoms with Gasteiger partial charge in [-0.3, -0.25) is 13.9 Å². The number of carbonyl (C=O) groups excluding carboxylic acids is 2. The molecular formula is C27H39N3O6S. The highest BCUT2D eigenvalue weighted by Gasteiger charge is 2.28. The van der Waals surface area contributed by atoms with Gasteiger partial charge in [0.2, 0.25) is 21.8 Å². The van der Waals surface area contributed by atoms with Crippen molar-refractivity contribution in [1.82, 2.24) is 10.2 Å². The molecule has 0 saturated carbocycles. The molecule has 1 N–H and O–H groups in total. The molecule has 37 heavy (non-hydrogen) atoms. The molecule has 2 rings (SSSR count). The first-order valence-corrected chi connectivity index (χ1v) is 14.3. The largest absolute Gasteiger partial charge is 0.497 e. The molecule has 2 amide bonds. The van der Waals surface area contributed by atoms with Crippen molar-refractivity contribution >= 4 is 27.5 Å². The van der Waals surface area contributed by atoms with E-state index in [0.29, 0.717) is 36.6 Å². The Bertz CT molecular complexity index is 1100. The van der Waals surface area contributed by atoms with Gasteiger partial charge in [-0.15, -0.1) is 0 Å². The maximum Gasteiger partial charge on any atom is 0.242 e. The highest BCUT2D eigenvalue weighted by molar-refractivity contribution is 7.92. The second kappa shape index (κ2) is 14.5. The molecule has 0 aromatic heterocycles. The summed E-state index contributed by atoms with van der Waals surface area (Å²) in [5.41, 5.74) is 1.36. The van der Waals surface area contributed by atoms with E-state index in [0.717, 1.165) is 18.2 Å². The number of amides is 2. The summed E-state index contributed by atoms with van der Waals surface area (Å²) >= 11 is 0. The second-order valence-electron chi connectivity index (χ2n) is 8.72. The first-order valence-electron chi connectivity index (χ1n) is 12.5. The molecule has 0 aliphatic rings. The Morgan fingerprint density at radius 1 is 0.946 bits per heavy atom. The molecule has 1 atom stereocenters. The Balaban J connectivity index is 2.19. The summed E-state index contributed by atoms with van der Waals surface area (Å²) in [5.74, 6) is 0.918. The van der Waals surface area contributed by atoms with Crippen molar-refractivity contribution in [1.29, 1.82) is 0 Å². The Labute approximate surface area is 220 Å². The van der Waals surface area contributed by atoms with E-state index in [1.807, 2.05) is 38.1 Å². The summed E-state index contributed by atoms with van der Waals surface area (Å²) in [7, 11) is -0.439. The van der Waals surface area contributed by atoms with Crippen molar-refractivity contribution in [3.05, 3.63) is 54.1 Å². The first kappa shape index (κ1) is 30.0. The Morgan fingerprint density at radius 3 is 2.00 bits per heavy atom. The van der Waals surface area contributed by atoms with Gasteiger partial charge in [-0.1, -0.05) is 26.0 Å². The molecule has 0 bridgehead atoms. The van der Waals surface area contributed by atoms with Gasteiger partial charge in [0.1, 0.15) is 17.5 Å². The molecule has 2 aromatic carbocycles. The van der Waals surface area contributed by atoms with Crippen LogP contribution in [0.2, 0.25) is 0 Å². The van der Waals surface area contributed by atoms with Gasteiger partial charge in [-0.05, 0) is 61.2 Å². The fourth-order valence-electron chi connectivity index (χ4n) is 3.97. The van der Waals surface area contributed by atoms with E-state index >= 15 is 0 Å². The molecule has 10 heteroatoms. The Hall–Kier alpha value is -3.27. The van der Waals surface area contributed by atoms with Gasteiger partial charge in [0, 0.05) is 26.1 Å². The normalized spacial score (nSPS) is 11.9. The number of nitrogens with one attached hydrogen (secondary N) is 1. The SMILES string of the molecule is CCCNC(=O)[C@H](CC)N(Cc1ccc(OC)cc1)C(=O)CCCN(c1ccc(OC)cc1)S(C)(=O)=O. The first-order chi connectivity index (χ1) is 17.6. The number of nitrogens with zero attached hydrogens (tertiary/aromatic N) is 2. The summed E-state index contributed by atoms with van der Waals surface area (Å²) in [6, 6.07) is 13.4. The van der Waals surface area contributed by atoms with Crippen LogP contribution in [0.4, 0.5) is 5.69 Å². The maximum atomic E-state index is 13.4. The number of hydrogen-bond donors (Lipinski definition) is 1. The highest BCUT2D eigenvalue weighted by atomic mass is 32.2. The summed E-state index contributed by atoms with van der Waals surface area (Å²) in [6.07, 6.45) is 2.78. The van der Waals surface area contributed by atoms with Crippen LogP contribution in [0.1, 0.15) is 45.1 Å². The van der Waals surface area contributed by atoms with Crippen molar-refractivity contribution in [2.75, 3.05) is 37.9 Å². The zero-order valence-electron chi connectivity index (χ0n) is 22.4. The van der Waals surface area contributed by atoms with Crippen LogP contribution in [0.15, 0.2) is 48.5 Å². The van der Waals surface area contributed by atoms with Gasteiger partial charge in [-0.25, -0.2) is 8.42 Å². The standard InChI is InChI=1S/C27H39N3O6S/c1-6-18-28-27(32)25(7-2)29(20-21-10-14-23(35-3)15-11-21)26(31)9-8-19-30(37(5,33)34)22-12-16-24(36-4)17-13-22/h10-17,25H,6-9,18-20H2,1-5H3,(H,28,32)/t25-/m0/s1. The monoisotopic (exact) mass is 533 g/mol. The van der Waals surface area contributed by atoms with Crippen molar-refractivity contribution < 1.29 is 27.5 Å². The molecule has 0 heterocycles. The molecule has 0 aliphatic heterocycles. The number of anilines is 1. The quantitative estimate of drug-likeness (QED) is 0.375. The van der Waals surface area contributed by atoms with Crippen molar-refractivity contribution in [2.24, 2.45) is 0 Å². The van der Waals surface area contributed by atoms with E-state index in [2.05, 4.69) is 5.32 Å². The fraction of sp³-hybridized carbons (Fsp3) is 0.481. The molecule has 9 nitrogen and oxygen atoms in total. The molecule has 0 spiro atoms. The Kier molecular flexibility index (Phi) is 11.7. The zero-order valence-corrected chi connectivity index (χ0v) is 23.2. The zero-order chi connectivity index (χ0) is 27.4. The lowest BCUT2D eigenvalue weighted by atomic mass is 10.1. The van der Waals surface area contributed by atoms with Crippen molar-refractivity contribution in [3.63, 3.8) is 0 Å². The fourth-order valence-corrected chi connectivity index (χ4v) is 4.93. The number of rotatable bonds is 15. The molecule has 204 valence electrons. The van der Waals surface area contributed by atoms with Gasteiger partial charge in [-0.2, -0.15) is 0 Å². The number of carbonyl (C=O) groups is 2. The summed E-state index contributed by atoms with van der Waals surface area (Å²) in [6.45, 7) is 4.77. The average Bonchev–Trinajstić information content (AvgIpc) is 2.89. The number of ether oxygens (including phenoxy) is 2. The van der Waals surface area contributed by atoms with Crippen LogP contribution in [-0.2, 0) is 26.2 Å². The van der Waals surface area contributed by atoms with Gasteiger partial charge >= 0.3 is 0 Å². The van der Waals surface area contributed by atoms with Crippen molar-refractivity contribution in [3.8, 4) is 11.5 Å². The summed E-state index contributed by atoms with van der Waals surface area (Å²) < 4.78 is 36.6. The number of hydrogen-bond acceptors (Lipinski definition) is 6. The molecule has 0 saturated heterocycles. The topological polar surface area (TPSA) is 105 Å². The van der Waals surface area contributed by atoms with Gasteiger partial charge in [0.25, 0.3) is 0 Å². The van der Waals surface area contributed by atoms with Crippen LogP contribution in [0.5, 0.6) is 11.5 Å². The maximum absolute atomic E-state index is 13.4. The lowest BCUT2D eigenvalue weighted by molar-refractivity contribution is -0.141. The van der Waals surface area contributed by atoms with Crippen LogP contribution in [0, 0.1) is 0 Å². The highest BCUT2D eigenvalue weighted by Crippen LogP contribution is 2.23. The predicted molar refractivity (Wildman–Crippen MR) is 145 cm³/mol. The van der Waals surface area contributed by atoms with Crippen LogP contribution in [0.25, 0.3) is 0 Å². The molecule has 0 aliphatic carbocycles. The van der Waals surface area contributed by atoms with Crippen molar-refractivity contribution in [2.45, 2.75) is 52.1 Å². The third-order valence-electron chi connectivity index (χ3n) is 5.96. The lowest BCUT2D eigenvalue weighted by Crippen LogP contribution is -2.49. The molecule has 0 radical (unpaired) electrons. The molecule has 0 fully saturated rings. The minimum absolute atomic E-state index is 0.0931. The number of methoxy groups -OCH3 is 2. The van der Waals surface area contributed by atoms with Crippen LogP contribution < -0.4 is 19.1 Å². The van der Waals surface area contributed by atoms with E-state index in [9.17, 15) is 18.0 Å². The Morgan fingerprint density at radius 2 is 1.51 bits per heavy atom. The van der Waals surface area contributed by atoms with Gasteiger partial charge in [0.15, 0.2) is 0 Å². The number of benzene rings is 2. The van der Waals surface area contributed by atoms with Crippen LogP contribution in [0.3, 0.4) is 0 Å². The minimum atomic E-state index is -3.56.